The molecule has 2 aliphatic rings. The lowest BCUT2D eigenvalue weighted by Gasteiger charge is -2.19. The number of rotatable bonds is 2. The standard InChI is InChI=1S/C17H21N3O/c1-10(2)8-20-9-15(21)16(17(20)18)14-7-12-6-11(3)4-5-13(12)19-14/h4-6,10,18-19H,7-9H2,1-3H3. The molecule has 110 valence electrons. The number of hydrogen-bond donors (Lipinski definition) is 2. The fraction of sp³-hybridized carbons (Fsp3) is 0.412. The van der Waals surface area contributed by atoms with Crippen LogP contribution in [0.1, 0.15) is 25.0 Å². The van der Waals surface area contributed by atoms with E-state index >= 15 is 0 Å². The van der Waals surface area contributed by atoms with Gasteiger partial charge in [0.15, 0.2) is 5.78 Å². The Morgan fingerprint density at radius 1 is 1.38 bits per heavy atom. The number of amidine groups is 1. The number of carbonyl (C=O) groups is 1. The summed E-state index contributed by atoms with van der Waals surface area (Å²) < 4.78 is 0. The Bertz CT molecular complexity index is 658. The molecule has 0 radical (unpaired) electrons. The molecular formula is C17H21N3O. The summed E-state index contributed by atoms with van der Waals surface area (Å²) in [4.78, 5) is 14.2. The van der Waals surface area contributed by atoms with Crippen molar-refractivity contribution in [2.45, 2.75) is 27.2 Å². The molecule has 0 amide bonds. The number of ketones is 1. The first-order chi connectivity index (χ1) is 9.95. The number of carbonyl (C=O) groups excluding carboxylic acids is 1. The van der Waals surface area contributed by atoms with Crippen molar-refractivity contribution in [2.75, 3.05) is 18.4 Å². The molecule has 1 saturated heterocycles. The normalized spacial score (nSPS) is 21.2. The van der Waals surface area contributed by atoms with Gasteiger partial charge < -0.3 is 10.2 Å². The van der Waals surface area contributed by atoms with Crippen LogP contribution in [0.5, 0.6) is 0 Å². The second-order valence-corrected chi connectivity index (χ2v) is 6.36. The summed E-state index contributed by atoms with van der Waals surface area (Å²) in [5, 5.41) is 11.6. The third-order valence-electron chi connectivity index (χ3n) is 3.97. The smallest absolute Gasteiger partial charge is 0.187 e. The number of Topliss-reactive ketones (excluding diaryl/α,β-unsaturated/α-hetero) is 1. The molecule has 0 atom stereocenters. The monoisotopic (exact) mass is 283 g/mol. The van der Waals surface area contributed by atoms with E-state index in [1.165, 1.54) is 11.1 Å². The van der Waals surface area contributed by atoms with Gasteiger partial charge in [-0.1, -0.05) is 31.5 Å². The van der Waals surface area contributed by atoms with Gasteiger partial charge in [-0.25, -0.2) is 0 Å². The van der Waals surface area contributed by atoms with Crippen LogP contribution in [0.15, 0.2) is 29.5 Å². The van der Waals surface area contributed by atoms with Crippen LogP contribution in [0.4, 0.5) is 5.69 Å². The number of hydrogen-bond acceptors (Lipinski definition) is 3. The summed E-state index contributed by atoms with van der Waals surface area (Å²) in [5.41, 5.74) is 4.95. The molecule has 2 heterocycles. The average molecular weight is 283 g/mol. The molecule has 0 saturated carbocycles. The quantitative estimate of drug-likeness (QED) is 0.821. The molecular weight excluding hydrogens is 262 g/mol. The topological polar surface area (TPSA) is 56.2 Å². The van der Waals surface area contributed by atoms with E-state index < -0.39 is 0 Å². The van der Waals surface area contributed by atoms with Crippen molar-refractivity contribution < 1.29 is 4.79 Å². The van der Waals surface area contributed by atoms with Gasteiger partial charge in [0.2, 0.25) is 0 Å². The van der Waals surface area contributed by atoms with Gasteiger partial charge in [0.1, 0.15) is 5.84 Å². The molecule has 0 bridgehead atoms. The van der Waals surface area contributed by atoms with Gasteiger partial charge in [0.05, 0.1) is 12.1 Å². The van der Waals surface area contributed by atoms with Crippen molar-refractivity contribution in [3.63, 3.8) is 0 Å². The Labute approximate surface area is 125 Å². The van der Waals surface area contributed by atoms with Crippen molar-refractivity contribution >= 4 is 17.3 Å². The Hall–Kier alpha value is -2.10. The first kappa shape index (κ1) is 13.9. The predicted octanol–water partition coefficient (Wildman–Crippen LogP) is 2.74. The minimum atomic E-state index is 0.0627. The maximum absolute atomic E-state index is 12.3. The molecule has 1 aromatic rings. The molecule has 0 spiro atoms. The summed E-state index contributed by atoms with van der Waals surface area (Å²) in [6.45, 7) is 7.38. The zero-order valence-corrected chi connectivity index (χ0v) is 12.8. The maximum Gasteiger partial charge on any atom is 0.187 e. The van der Waals surface area contributed by atoms with Gasteiger partial charge in [-0.3, -0.25) is 10.2 Å². The molecule has 0 aliphatic carbocycles. The van der Waals surface area contributed by atoms with E-state index in [4.69, 9.17) is 5.41 Å². The van der Waals surface area contributed by atoms with Crippen LogP contribution in [0.3, 0.4) is 0 Å². The predicted molar refractivity (Wildman–Crippen MR) is 84.7 cm³/mol. The van der Waals surface area contributed by atoms with Crippen LogP contribution < -0.4 is 5.32 Å². The van der Waals surface area contributed by atoms with E-state index in [0.29, 0.717) is 23.9 Å². The Morgan fingerprint density at radius 2 is 2.14 bits per heavy atom. The van der Waals surface area contributed by atoms with Crippen molar-refractivity contribution in [3.05, 3.63) is 40.6 Å². The summed E-state index contributed by atoms with van der Waals surface area (Å²) >= 11 is 0. The molecule has 3 rings (SSSR count). The van der Waals surface area contributed by atoms with Crippen LogP contribution >= 0.6 is 0 Å². The average Bonchev–Trinajstić information content (AvgIpc) is 2.90. The number of benzene rings is 1. The van der Waals surface area contributed by atoms with Gasteiger partial charge in [0.25, 0.3) is 0 Å². The number of anilines is 1. The Kier molecular flexibility index (Phi) is 3.32. The molecule has 1 fully saturated rings. The summed E-state index contributed by atoms with van der Waals surface area (Å²) in [5.74, 6) is 0.882. The second-order valence-electron chi connectivity index (χ2n) is 6.36. The number of likely N-dealkylation sites (tertiary alicyclic amines) is 1. The lowest BCUT2D eigenvalue weighted by atomic mass is 10.1. The third kappa shape index (κ3) is 2.46. The molecule has 1 aromatic carbocycles. The second kappa shape index (κ2) is 5.02. The highest BCUT2D eigenvalue weighted by Gasteiger charge is 2.34. The number of nitrogens with zero attached hydrogens (tertiary/aromatic N) is 1. The van der Waals surface area contributed by atoms with E-state index in [0.717, 1.165) is 24.4 Å². The van der Waals surface area contributed by atoms with Crippen molar-refractivity contribution in [1.29, 1.82) is 5.41 Å². The highest BCUT2D eigenvalue weighted by molar-refractivity contribution is 6.26. The largest absolute Gasteiger partial charge is 0.358 e. The van der Waals surface area contributed by atoms with Crippen molar-refractivity contribution in [1.82, 2.24) is 4.90 Å². The summed E-state index contributed by atoms with van der Waals surface area (Å²) in [6.07, 6.45) is 0.718. The van der Waals surface area contributed by atoms with E-state index in [-0.39, 0.29) is 5.78 Å². The fourth-order valence-corrected chi connectivity index (χ4v) is 3.07. The van der Waals surface area contributed by atoms with Crippen molar-refractivity contribution in [2.24, 2.45) is 5.92 Å². The molecule has 2 aliphatic heterocycles. The number of nitrogens with one attached hydrogen (secondary N) is 2. The lowest BCUT2D eigenvalue weighted by Crippen LogP contribution is -2.29. The molecule has 0 unspecified atom stereocenters. The maximum atomic E-state index is 12.3. The number of allylic oxidation sites excluding steroid dienone is 1. The molecule has 2 N–H and O–H groups in total. The lowest BCUT2D eigenvalue weighted by molar-refractivity contribution is -0.114. The van der Waals surface area contributed by atoms with Crippen LogP contribution in [0.25, 0.3) is 0 Å². The van der Waals surface area contributed by atoms with Gasteiger partial charge >= 0.3 is 0 Å². The Morgan fingerprint density at radius 3 is 2.86 bits per heavy atom. The molecule has 21 heavy (non-hydrogen) atoms. The highest BCUT2D eigenvalue weighted by Crippen LogP contribution is 2.32. The van der Waals surface area contributed by atoms with Crippen LogP contribution in [-0.4, -0.2) is 29.6 Å². The zero-order valence-electron chi connectivity index (χ0n) is 12.8. The number of aryl methyl sites for hydroxylation is 1. The van der Waals surface area contributed by atoms with E-state index in [1.54, 1.807) is 0 Å². The molecule has 0 aromatic heterocycles. The zero-order chi connectivity index (χ0) is 15.1. The third-order valence-corrected chi connectivity index (χ3v) is 3.97. The van der Waals surface area contributed by atoms with Gasteiger partial charge in [-0.05, 0) is 24.5 Å². The van der Waals surface area contributed by atoms with Crippen LogP contribution in [0, 0.1) is 18.3 Å². The fourth-order valence-electron chi connectivity index (χ4n) is 3.07. The van der Waals surface area contributed by atoms with E-state index in [1.807, 2.05) is 11.0 Å². The minimum absolute atomic E-state index is 0.0627. The van der Waals surface area contributed by atoms with Crippen molar-refractivity contribution in [3.8, 4) is 0 Å². The first-order valence-corrected chi connectivity index (χ1v) is 7.42. The molecule has 4 nitrogen and oxygen atoms in total. The number of fused-ring (bicyclic) bond motifs is 1. The summed E-state index contributed by atoms with van der Waals surface area (Å²) in [7, 11) is 0. The minimum Gasteiger partial charge on any atom is -0.358 e. The SMILES string of the molecule is Cc1ccc2c(c1)CC(=C1C(=N)N(CC(C)C)CC1=O)N2. The first-order valence-electron chi connectivity index (χ1n) is 7.42. The van der Waals surface area contributed by atoms with Crippen LogP contribution in [-0.2, 0) is 11.2 Å². The van der Waals surface area contributed by atoms with Gasteiger partial charge in [-0.2, -0.15) is 0 Å². The van der Waals surface area contributed by atoms with E-state index in [9.17, 15) is 4.79 Å². The molecule has 4 heteroatoms. The van der Waals surface area contributed by atoms with Gasteiger partial charge in [0, 0.05) is 24.4 Å². The van der Waals surface area contributed by atoms with Gasteiger partial charge in [-0.15, -0.1) is 0 Å². The van der Waals surface area contributed by atoms with Crippen LogP contribution in [0.2, 0.25) is 0 Å². The van der Waals surface area contributed by atoms with E-state index in [2.05, 4.69) is 38.2 Å². The highest BCUT2D eigenvalue weighted by atomic mass is 16.1. The summed E-state index contributed by atoms with van der Waals surface area (Å²) in [6, 6.07) is 6.25. The Balaban J connectivity index is 1.90.